The summed E-state index contributed by atoms with van der Waals surface area (Å²) >= 11 is 1.40. The Morgan fingerprint density at radius 3 is 2.22 bits per heavy atom. The molecule has 0 fully saturated rings. The van der Waals surface area contributed by atoms with Crippen molar-refractivity contribution in [2.24, 2.45) is 5.41 Å². The standard InChI is InChI=1S/C16H27N5OS/c1-8-16(9-2,15(4,5)11-17)12-18-19-13(23-12)21(7)14(22)20(6)10-3/h8-10H2,1-7H3. The number of anilines is 1. The molecule has 6 nitrogen and oxygen atoms in total. The van der Waals surface area contributed by atoms with E-state index in [0.29, 0.717) is 11.7 Å². The average Bonchev–Trinajstić information content (AvgIpc) is 3.04. The summed E-state index contributed by atoms with van der Waals surface area (Å²) in [5, 5.41) is 19.5. The Hall–Kier alpha value is -1.68. The fourth-order valence-electron chi connectivity index (χ4n) is 2.83. The number of rotatable bonds is 6. The number of carbonyl (C=O) groups excluding carboxylic acids is 1. The quantitative estimate of drug-likeness (QED) is 0.794. The second-order valence-corrected chi connectivity index (χ2v) is 7.23. The van der Waals surface area contributed by atoms with Crippen LogP contribution in [0.4, 0.5) is 9.93 Å². The first kappa shape index (κ1) is 19.4. The molecule has 0 spiro atoms. The topological polar surface area (TPSA) is 73.1 Å². The van der Waals surface area contributed by atoms with Gasteiger partial charge in [0.1, 0.15) is 5.01 Å². The number of nitrogens with zero attached hydrogens (tertiary/aromatic N) is 5. The molecule has 0 aliphatic heterocycles. The lowest BCUT2D eigenvalue weighted by atomic mass is 9.63. The van der Waals surface area contributed by atoms with Crippen molar-refractivity contribution in [2.75, 3.05) is 25.5 Å². The fourth-order valence-corrected chi connectivity index (χ4v) is 4.12. The minimum absolute atomic E-state index is 0.117. The van der Waals surface area contributed by atoms with Gasteiger partial charge in [0.2, 0.25) is 5.13 Å². The summed E-state index contributed by atoms with van der Waals surface area (Å²) in [6.45, 7) is 10.6. The maximum atomic E-state index is 12.3. The van der Waals surface area contributed by atoms with E-state index in [-0.39, 0.29) is 11.4 Å². The van der Waals surface area contributed by atoms with Gasteiger partial charge in [-0.1, -0.05) is 25.2 Å². The lowest BCUT2D eigenvalue weighted by Crippen LogP contribution is -2.40. The van der Waals surface area contributed by atoms with Gasteiger partial charge in [0.05, 0.1) is 11.5 Å². The summed E-state index contributed by atoms with van der Waals surface area (Å²) in [5.74, 6) is 0. The number of amides is 2. The predicted molar refractivity (Wildman–Crippen MR) is 93.7 cm³/mol. The Bertz CT molecular complexity index is 586. The zero-order valence-corrected chi connectivity index (χ0v) is 16.0. The van der Waals surface area contributed by atoms with Crippen LogP contribution in [0, 0.1) is 16.7 Å². The second kappa shape index (κ2) is 7.26. The van der Waals surface area contributed by atoms with Gasteiger partial charge in [0.15, 0.2) is 0 Å². The Balaban J connectivity index is 3.24. The monoisotopic (exact) mass is 337 g/mol. The van der Waals surface area contributed by atoms with Crippen LogP contribution in [0.1, 0.15) is 52.5 Å². The summed E-state index contributed by atoms with van der Waals surface area (Å²) in [6.07, 6.45) is 1.59. The van der Waals surface area contributed by atoms with Crippen LogP contribution in [-0.4, -0.2) is 41.8 Å². The molecule has 1 aromatic rings. The van der Waals surface area contributed by atoms with E-state index in [1.807, 2.05) is 20.8 Å². The number of carbonyl (C=O) groups is 1. The normalized spacial score (nSPS) is 11.9. The minimum Gasteiger partial charge on any atom is -0.328 e. The summed E-state index contributed by atoms with van der Waals surface area (Å²) in [5.41, 5.74) is -0.922. The molecule has 7 heteroatoms. The highest BCUT2D eigenvalue weighted by molar-refractivity contribution is 7.15. The van der Waals surface area contributed by atoms with Gasteiger partial charge in [0.25, 0.3) is 0 Å². The first-order valence-electron chi connectivity index (χ1n) is 7.94. The van der Waals surface area contributed by atoms with Crippen LogP contribution < -0.4 is 4.90 Å². The molecular formula is C16H27N5OS. The highest BCUT2D eigenvalue weighted by Gasteiger charge is 2.47. The van der Waals surface area contributed by atoms with E-state index < -0.39 is 5.41 Å². The molecule has 1 heterocycles. The van der Waals surface area contributed by atoms with Crippen LogP contribution in [0.15, 0.2) is 0 Å². The third-order valence-corrected chi connectivity index (χ3v) is 6.09. The van der Waals surface area contributed by atoms with E-state index in [1.165, 1.54) is 16.2 Å². The van der Waals surface area contributed by atoms with Gasteiger partial charge in [-0.2, -0.15) is 5.26 Å². The molecule has 0 N–H and O–H groups in total. The van der Waals surface area contributed by atoms with Gasteiger partial charge in [-0.3, -0.25) is 4.90 Å². The van der Waals surface area contributed by atoms with E-state index in [4.69, 9.17) is 0 Å². The molecule has 0 aliphatic carbocycles. The van der Waals surface area contributed by atoms with Crippen molar-refractivity contribution in [3.8, 4) is 6.07 Å². The molecule has 0 aromatic carbocycles. The molecule has 0 unspecified atom stereocenters. The third kappa shape index (κ3) is 3.32. The molecule has 1 rings (SSSR count). The molecule has 0 radical (unpaired) electrons. The van der Waals surface area contributed by atoms with Crippen molar-refractivity contribution in [1.82, 2.24) is 15.1 Å². The predicted octanol–water partition coefficient (Wildman–Crippen LogP) is 3.65. The first-order valence-corrected chi connectivity index (χ1v) is 8.76. The Kier molecular flexibility index (Phi) is 6.11. The number of nitriles is 1. The largest absolute Gasteiger partial charge is 0.328 e. The maximum absolute atomic E-state index is 12.3. The average molecular weight is 337 g/mol. The van der Waals surface area contributed by atoms with Crippen LogP contribution in [-0.2, 0) is 5.41 Å². The van der Waals surface area contributed by atoms with E-state index >= 15 is 0 Å². The van der Waals surface area contributed by atoms with Crippen LogP contribution >= 0.6 is 11.3 Å². The summed E-state index contributed by atoms with van der Waals surface area (Å²) in [7, 11) is 3.45. The smallest absolute Gasteiger partial charge is 0.325 e. The Labute approximate surface area is 143 Å². The summed E-state index contributed by atoms with van der Waals surface area (Å²) in [4.78, 5) is 15.4. The highest BCUT2D eigenvalue weighted by Crippen LogP contribution is 2.48. The molecule has 128 valence electrons. The Morgan fingerprint density at radius 1 is 1.22 bits per heavy atom. The van der Waals surface area contributed by atoms with E-state index in [2.05, 4.69) is 30.1 Å². The van der Waals surface area contributed by atoms with Crippen molar-refractivity contribution in [3.05, 3.63) is 5.01 Å². The van der Waals surface area contributed by atoms with Crippen molar-refractivity contribution in [1.29, 1.82) is 5.26 Å². The SMILES string of the molecule is CCN(C)C(=O)N(C)c1nnc(C(CC)(CC)C(C)(C)C#N)s1. The molecule has 0 atom stereocenters. The first-order chi connectivity index (χ1) is 10.7. The van der Waals surface area contributed by atoms with Gasteiger partial charge >= 0.3 is 6.03 Å². The van der Waals surface area contributed by atoms with Gasteiger partial charge in [0, 0.05) is 26.1 Å². The van der Waals surface area contributed by atoms with E-state index in [1.54, 1.807) is 19.0 Å². The minimum atomic E-state index is -0.559. The van der Waals surface area contributed by atoms with Crippen molar-refractivity contribution in [2.45, 2.75) is 52.9 Å². The summed E-state index contributed by atoms with van der Waals surface area (Å²) < 4.78 is 0. The molecule has 0 bridgehead atoms. The van der Waals surface area contributed by atoms with Crippen LogP contribution in [0.5, 0.6) is 0 Å². The number of aromatic nitrogens is 2. The lowest BCUT2D eigenvalue weighted by molar-refractivity contribution is 0.208. The van der Waals surface area contributed by atoms with E-state index in [9.17, 15) is 10.1 Å². The fraction of sp³-hybridized carbons (Fsp3) is 0.750. The van der Waals surface area contributed by atoms with Crippen LogP contribution in [0.3, 0.4) is 0 Å². The highest BCUT2D eigenvalue weighted by atomic mass is 32.1. The van der Waals surface area contributed by atoms with Gasteiger partial charge in [-0.15, -0.1) is 10.2 Å². The third-order valence-electron chi connectivity index (χ3n) is 4.88. The number of hydrogen-bond acceptors (Lipinski definition) is 5. The molecule has 23 heavy (non-hydrogen) atoms. The Morgan fingerprint density at radius 2 is 1.78 bits per heavy atom. The molecule has 0 saturated carbocycles. The maximum Gasteiger partial charge on any atom is 0.325 e. The van der Waals surface area contributed by atoms with Gasteiger partial charge in [-0.05, 0) is 33.6 Å². The molecule has 2 amide bonds. The van der Waals surface area contributed by atoms with Crippen molar-refractivity contribution < 1.29 is 4.79 Å². The van der Waals surface area contributed by atoms with E-state index in [0.717, 1.165) is 17.8 Å². The summed E-state index contributed by atoms with van der Waals surface area (Å²) in [6, 6.07) is 2.30. The van der Waals surface area contributed by atoms with Gasteiger partial charge in [-0.25, -0.2) is 4.79 Å². The number of hydrogen-bond donors (Lipinski definition) is 0. The molecule has 1 aromatic heterocycles. The number of urea groups is 1. The van der Waals surface area contributed by atoms with Crippen LogP contribution in [0.2, 0.25) is 0 Å². The van der Waals surface area contributed by atoms with Crippen molar-refractivity contribution >= 4 is 22.5 Å². The van der Waals surface area contributed by atoms with Crippen LogP contribution in [0.25, 0.3) is 0 Å². The molecule has 0 saturated heterocycles. The lowest BCUT2D eigenvalue weighted by Gasteiger charge is -2.39. The second-order valence-electron chi connectivity index (χ2n) is 6.27. The molecule has 0 aliphatic rings. The van der Waals surface area contributed by atoms with Gasteiger partial charge < -0.3 is 4.90 Å². The molecular weight excluding hydrogens is 310 g/mol. The van der Waals surface area contributed by atoms with Crippen molar-refractivity contribution in [3.63, 3.8) is 0 Å². The zero-order chi connectivity index (χ0) is 17.8. The zero-order valence-electron chi connectivity index (χ0n) is 15.2.